The molecule has 3 aromatic heterocycles. The Kier molecular flexibility index (Phi) is 3.74. The second-order valence-electron chi connectivity index (χ2n) is 5.41. The predicted octanol–water partition coefficient (Wildman–Crippen LogP) is 2.37. The minimum absolute atomic E-state index is 0.268. The SMILES string of the molecule is c1csc(CN(CC2CCCO2)c2nccn3cnnc23)c1. The number of hydrogen-bond acceptors (Lipinski definition) is 6. The summed E-state index contributed by atoms with van der Waals surface area (Å²) in [6.07, 6.45) is 7.88. The Balaban J connectivity index is 1.67. The molecule has 1 aliphatic heterocycles. The van der Waals surface area contributed by atoms with Crippen LogP contribution in [-0.2, 0) is 11.3 Å². The van der Waals surface area contributed by atoms with Crippen LogP contribution in [-0.4, -0.2) is 38.8 Å². The Labute approximate surface area is 132 Å². The van der Waals surface area contributed by atoms with Crippen LogP contribution in [0.25, 0.3) is 5.65 Å². The minimum Gasteiger partial charge on any atom is -0.376 e. The molecule has 0 saturated carbocycles. The summed E-state index contributed by atoms with van der Waals surface area (Å²) in [5.74, 6) is 0.865. The third-order valence-electron chi connectivity index (χ3n) is 3.87. The fourth-order valence-corrected chi connectivity index (χ4v) is 3.54. The van der Waals surface area contributed by atoms with Crippen molar-refractivity contribution < 1.29 is 4.74 Å². The van der Waals surface area contributed by atoms with Crippen LogP contribution < -0.4 is 4.90 Å². The Morgan fingerprint density at radius 2 is 2.45 bits per heavy atom. The second kappa shape index (κ2) is 6.02. The van der Waals surface area contributed by atoms with Crippen LogP contribution in [0.1, 0.15) is 17.7 Å². The summed E-state index contributed by atoms with van der Waals surface area (Å²) in [5.41, 5.74) is 0.789. The summed E-state index contributed by atoms with van der Waals surface area (Å²) in [7, 11) is 0. The molecule has 4 rings (SSSR count). The summed E-state index contributed by atoms with van der Waals surface area (Å²) in [4.78, 5) is 8.12. The molecule has 3 aromatic rings. The van der Waals surface area contributed by atoms with Gasteiger partial charge in [-0.15, -0.1) is 21.5 Å². The summed E-state index contributed by atoms with van der Waals surface area (Å²) in [6.45, 7) is 2.51. The van der Waals surface area contributed by atoms with Crippen molar-refractivity contribution in [2.45, 2.75) is 25.5 Å². The monoisotopic (exact) mass is 315 g/mol. The number of thiophene rings is 1. The van der Waals surface area contributed by atoms with E-state index in [-0.39, 0.29) is 6.10 Å². The molecule has 1 atom stereocenters. The molecule has 1 unspecified atom stereocenters. The number of ether oxygens (including phenoxy) is 1. The molecule has 22 heavy (non-hydrogen) atoms. The van der Waals surface area contributed by atoms with Crippen LogP contribution in [0.2, 0.25) is 0 Å². The van der Waals surface area contributed by atoms with Gasteiger partial charge >= 0.3 is 0 Å². The van der Waals surface area contributed by atoms with Gasteiger partial charge in [0.05, 0.1) is 12.6 Å². The molecule has 114 valence electrons. The van der Waals surface area contributed by atoms with Gasteiger partial charge < -0.3 is 9.64 Å². The summed E-state index contributed by atoms with van der Waals surface area (Å²) >= 11 is 1.76. The summed E-state index contributed by atoms with van der Waals surface area (Å²) in [5, 5.41) is 10.3. The first-order chi connectivity index (χ1) is 10.9. The van der Waals surface area contributed by atoms with Crippen molar-refractivity contribution in [3.05, 3.63) is 41.1 Å². The molecule has 6 nitrogen and oxygen atoms in total. The number of nitrogens with zero attached hydrogens (tertiary/aromatic N) is 5. The van der Waals surface area contributed by atoms with E-state index < -0.39 is 0 Å². The lowest BCUT2D eigenvalue weighted by atomic mass is 10.2. The maximum Gasteiger partial charge on any atom is 0.203 e. The van der Waals surface area contributed by atoms with E-state index in [1.807, 2.05) is 10.6 Å². The average molecular weight is 315 g/mol. The van der Waals surface area contributed by atoms with Crippen LogP contribution in [0.5, 0.6) is 0 Å². The molecular formula is C15H17N5OS. The van der Waals surface area contributed by atoms with E-state index in [1.165, 1.54) is 4.88 Å². The molecule has 1 fully saturated rings. The highest BCUT2D eigenvalue weighted by Crippen LogP contribution is 2.23. The minimum atomic E-state index is 0.268. The van der Waals surface area contributed by atoms with Crippen LogP contribution in [0.4, 0.5) is 5.82 Å². The molecule has 1 aliphatic rings. The van der Waals surface area contributed by atoms with Crippen molar-refractivity contribution in [3.63, 3.8) is 0 Å². The zero-order chi connectivity index (χ0) is 14.8. The van der Waals surface area contributed by atoms with Gasteiger partial charge in [-0.2, -0.15) is 0 Å². The van der Waals surface area contributed by atoms with Gasteiger partial charge in [0.15, 0.2) is 5.82 Å². The average Bonchev–Trinajstić information content (AvgIpc) is 3.28. The largest absolute Gasteiger partial charge is 0.376 e. The van der Waals surface area contributed by atoms with Crippen LogP contribution in [0.15, 0.2) is 36.2 Å². The standard InChI is InChI=1S/C15H17N5OS/c1-3-12(21-7-1)9-20(10-13-4-2-8-22-13)14-15-18-17-11-19(15)6-5-16-14/h2,4-6,8,11-12H,1,3,7,9-10H2. The Hall–Kier alpha value is -1.99. The molecule has 0 aromatic carbocycles. The molecule has 4 heterocycles. The zero-order valence-electron chi connectivity index (χ0n) is 12.1. The van der Waals surface area contributed by atoms with Gasteiger partial charge in [-0.3, -0.25) is 4.40 Å². The number of hydrogen-bond donors (Lipinski definition) is 0. The van der Waals surface area contributed by atoms with E-state index in [9.17, 15) is 0 Å². The fourth-order valence-electron chi connectivity index (χ4n) is 2.82. The lowest BCUT2D eigenvalue weighted by Gasteiger charge is -2.26. The third kappa shape index (κ3) is 2.69. The van der Waals surface area contributed by atoms with Gasteiger partial charge in [-0.05, 0) is 24.3 Å². The number of anilines is 1. The quantitative estimate of drug-likeness (QED) is 0.723. The van der Waals surface area contributed by atoms with Crippen molar-refractivity contribution in [3.8, 4) is 0 Å². The van der Waals surface area contributed by atoms with E-state index >= 15 is 0 Å². The number of rotatable bonds is 5. The van der Waals surface area contributed by atoms with E-state index in [0.29, 0.717) is 0 Å². The third-order valence-corrected chi connectivity index (χ3v) is 4.73. The number of fused-ring (bicyclic) bond motifs is 1. The smallest absolute Gasteiger partial charge is 0.203 e. The molecule has 0 N–H and O–H groups in total. The van der Waals surface area contributed by atoms with Gasteiger partial charge in [-0.1, -0.05) is 6.07 Å². The number of aromatic nitrogens is 4. The van der Waals surface area contributed by atoms with E-state index in [4.69, 9.17) is 4.74 Å². The first-order valence-corrected chi connectivity index (χ1v) is 8.31. The summed E-state index contributed by atoms with van der Waals surface area (Å²) in [6, 6.07) is 4.23. The van der Waals surface area contributed by atoms with Crippen molar-refractivity contribution >= 4 is 22.8 Å². The molecular weight excluding hydrogens is 298 g/mol. The molecule has 7 heteroatoms. The van der Waals surface area contributed by atoms with Gasteiger partial charge in [0.25, 0.3) is 0 Å². The highest BCUT2D eigenvalue weighted by Gasteiger charge is 2.22. The van der Waals surface area contributed by atoms with Gasteiger partial charge in [0.2, 0.25) is 5.65 Å². The maximum absolute atomic E-state index is 5.81. The molecule has 0 bridgehead atoms. The van der Waals surface area contributed by atoms with Crippen molar-refractivity contribution in [2.24, 2.45) is 0 Å². The molecule has 1 saturated heterocycles. The first-order valence-electron chi connectivity index (χ1n) is 7.43. The van der Waals surface area contributed by atoms with Crippen molar-refractivity contribution in [2.75, 3.05) is 18.1 Å². The predicted molar refractivity (Wildman–Crippen MR) is 85.1 cm³/mol. The van der Waals surface area contributed by atoms with Crippen LogP contribution in [0, 0.1) is 0 Å². The lowest BCUT2D eigenvalue weighted by molar-refractivity contribution is 0.115. The van der Waals surface area contributed by atoms with Gasteiger partial charge in [0.1, 0.15) is 6.33 Å². The maximum atomic E-state index is 5.81. The molecule has 0 radical (unpaired) electrons. The topological polar surface area (TPSA) is 55.5 Å². The Morgan fingerprint density at radius 1 is 1.45 bits per heavy atom. The Bertz CT molecular complexity index is 735. The normalized spacial score (nSPS) is 18.1. The van der Waals surface area contributed by atoms with E-state index in [1.54, 1.807) is 23.9 Å². The highest BCUT2D eigenvalue weighted by atomic mass is 32.1. The van der Waals surface area contributed by atoms with Gasteiger partial charge in [0, 0.05) is 30.4 Å². The van der Waals surface area contributed by atoms with E-state index in [2.05, 4.69) is 37.6 Å². The highest BCUT2D eigenvalue weighted by molar-refractivity contribution is 7.09. The molecule has 0 aliphatic carbocycles. The summed E-state index contributed by atoms with van der Waals surface area (Å²) < 4.78 is 7.71. The fraction of sp³-hybridized carbons (Fsp3) is 0.400. The Morgan fingerprint density at radius 3 is 3.27 bits per heavy atom. The first kappa shape index (κ1) is 13.7. The van der Waals surface area contributed by atoms with Crippen molar-refractivity contribution in [1.82, 2.24) is 19.6 Å². The molecule has 0 spiro atoms. The van der Waals surface area contributed by atoms with E-state index in [0.717, 1.165) is 44.0 Å². The van der Waals surface area contributed by atoms with Crippen LogP contribution in [0.3, 0.4) is 0 Å². The van der Waals surface area contributed by atoms with Gasteiger partial charge in [-0.25, -0.2) is 4.98 Å². The zero-order valence-corrected chi connectivity index (χ0v) is 12.9. The second-order valence-corrected chi connectivity index (χ2v) is 6.44. The van der Waals surface area contributed by atoms with Crippen LogP contribution >= 0.6 is 11.3 Å². The molecule has 0 amide bonds. The van der Waals surface area contributed by atoms with Crippen molar-refractivity contribution in [1.29, 1.82) is 0 Å². The lowest BCUT2D eigenvalue weighted by Crippen LogP contribution is -2.32.